The van der Waals surface area contributed by atoms with Crippen molar-refractivity contribution in [2.75, 3.05) is 18.0 Å². The Kier molecular flexibility index (Phi) is 3.72. The van der Waals surface area contributed by atoms with Gasteiger partial charge in [-0.05, 0) is 30.2 Å². The number of hydrogen-bond donors (Lipinski definition) is 1. The van der Waals surface area contributed by atoms with Gasteiger partial charge in [0.05, 0.1) is 12.8 Å². The molecule has 4 heteroatoms. The fourth-order valence-electron chi connectivity index (χ4n) is 2.56. The number of nitrogens with zero attached hydrogens (tertiary/aromatic N) is 1. The Balaban J connectivity index is 1.47. The molecule has 0 aliphatic carbocycles. The minimum absolute atomic E-state index is 0.0609. The molecule has 3 rings (SSSR count). The van der Waals surface area contributed by atoms with Gasteiger partial charge in [0.2, 0.25) is 5.91 Å². The third-order valence-corrected chi connectivity index (χ3v) is 3.63. The third kappa shape index (κ3) is 2.85. The van der Waals surface area contributed by atoms with Crippen molar-refractivity contribution >= 4 is 11.6 Å². The summed E-state index contributed by atoms with van der Waals surface area (Å²) in [6, 6.07) is 12.1. The van der Waals surface area contributed by atoms with E-state index in [2.05, 4.69) is 28.4 Å². The van der Waals surface area contributed by atoms with E-state index in [-0.39, 0.29) is 5.91 Å². The number of para-hydroxylation sites is 1. The molecule has 1 amide bonds. The van der Waals surface area contributed by atoms with Crippen LogP contribution in [0.4, 0.5) is 5.69 Å². The Labute approximate surface area is 118 Å². The van der Waals surface area contributed by atoms with Crippen LogP contribution in [0.2, 0.25) is 0 Å². The molecule has 2 aromatic rings. The van der Waals surface area contributed by atoms with Crippen molar-refractivity contribution in [3.8, 4) is 0 Å². The van der Waals surface area contributed by atoms with Crippen LogP contribution in [-0.4, -0.2) is 19.0 Å². The van der Waals surface area contributed by atoms with E-state index in [1.54, 1.807) is 6.26 Å². The van der Waals surface area contributed by atoms with Crippen molar-refractivity contribution in [3.05, 3.63) is 54.0 Å². The number of rotatable bonds is 5. The molecule has 0 saturated carbocycles. The van der Waals surface area contributed by atoms with Gasteiger partial charge in [-0.25, -0.2) is 0 Å². The summed E-state index contributed by atoms with van der Waals surface area (Å²) in [7, 11) is 0. The first-order chi connectivity index (χ1) is 9.83. The summed E-state index contributed by atoms with van der Waals surface area (Å²) in [5.74, 6) is 0.843. The van der Waals surface area contributed by atoms with Crippen LogP contribution < -0.4 is 10.2 Å². The number of amides is 1. The molecule has 0 radical (unpaired) electrons. The highest BCUT2D eigenvalue weighted by Crippen LogP contribution is 2.27. The SMILES string of the molecule is O=C(CCN1CCc2ccccc21)NCc1ccco1. The van der Waals surface area contributed by atoms with Gasteiger partial charge in [-0.2, -0.15) is 0 Å². The first-order valence-corrected chi connectivity index (χ1v) is 6.95. The second-order valence-corrected chi connectivity index (χ2v) is 4.97. The molecular weight excluding hydrogens is 252 g/mol. The largest absolute Gasteiger partial charge is 0.467 e. The van der Waals surface area contributed by atoms with Crippen LogP contribution in [0.3, 0.4) is 0 Å². The maximum Gasteiger partial charge on any atom is 0.222 e. The number of nitrogens with one attached hydrogen (secondary N) is 1. The zero-order valence-electron chi connectivity index (χ0n) is 11.3. The van der Waals surface area contributed by atoms with E-state index in [9.17, 15) is 4.79 Å². The molecule has 1 aliphatic heterocycles. The van der Waals surface area contributed by atoms with Gasteiger partial charge in [-0.3, -0.25) is 4.79 Å². The van der Waals surface area contributed by atoms with Crippen molar-refractivity contribution in [2.45, 2.75) is 19.4 Å². The predicted molar refractivity (Wildman–Crippen MR) is 77.5 cm³/mol. The van der Waals surface area contributed by atoms with Gasteiger partial charge in [-0.1, -0.05) is 18.2 Å². The fourth-order valence-corrected chi connectivity index (χ4v) is 2.56. The third-order valence-electron chi connectivity index (χ3n) is 3.63. The number of fused-ring (bicyclic) bond motifs is 1. The molecule has 0 unspecified atom stereocenters. The molecule has 0 atom stereocenters. The van der Waals surface area contributed by atoms with Gasteiger partial charge in [0.15, 0.2) is 0 Å². The van der Waals surface area contributed by atoms with Gasteiger partial charge >= 0.3 is 0 Å². The van der Waals surface area contributed by atoms with E-state index in [1.807, 2.05) is 18.2 Å². The van der Waals surface area contributed by atoms with Crippen molar-refractivity contribution in [2.24, 2.45) is 0 Å². The maximum atomic E-state index is 11.8. The topological polar surface area (TPSA) is 45.5 Å². The number of carbonyl (C=O) groups is 1. The quantitative estimate of drug-likeness (QED) is 0.907. The Hall–Kier alpha value is -2.23. The van der Waals surface area contributed by atoms with E-state index in [4.69, 9.17) is 4.42 Å². The molecule has 104 valence electrons. The summed E-state index contributed by atoms with van der Waals surface area (Å²) in [6.45, 7) is 2.23. The molecule has 0 fully saturated rings. The molecule has 1 aliphatic rings. The van der Waals surface area contributed by atoms with Crippen molar-refractivity contribution in [3.63, 3.8) is 0 Å². The first-order valence-electron chi connectivity index (χ1n) is 6.95. The fraction of sp³-hybridized carbons (Fsp3) is 0.312. The van der Waals surface area contributed by atoms with Crippen molar-refractivity contribution in [1.29, 1.82) is 0 Å². The molecule has 4 nitrogen and oxygen atoms in total. The van der Waals surface area contributed by atoms with Gasteiger partial charge < -0.3 is 14.6 Å². The molecule has 1 N–H and O–H groups in total. The lowest BCUT2D eigenvalue weighted by molar-refractivity contribution is -0.121. The lowest BCUT2D eigenvalue weighted by atomic mass is 10.2. The summed E-state index contributed by atoms with van der Waals surface area (Å²) < 4.78 is 5.18. The van der Waals surface area contributed by atoms with Crippen LogP contribution in [-0.2, 0) is 17.8 Å². The summed E-state index contributed by atoms with van der Waals surface area (Å²) in [6.07, 6.45) is 3.20. The molecule has 0 saturated heterocycles. The summed E-state index contributed by atoms with van der Waals surface area (Å²) in [4.78, 5) is 14.1. The van der Waals surface area contributed by atoms with Gasteiger partial charge in [-0.15, -0.1) is 0 Å². The van der Waals surface area contributed by atoms with Crippen molar-refractivity contribution < 1.29 is 9.21 Å². The van der Waals surface area contributed by atoms with E-state index in [1.165, 1.54) is 11.3 Å². The van der Waals surface area contributed by atoms with Crippen LogP contribution >= 0.6 is 0 Å². The molecule has 2 heterocycles. The number of carbonyl (C=O) groups excluding carboxylic acids is 1. The Morgan fingerprint density at radius 3 is 3.00 bits per heavy atom. The van der Waals surface area contributed by atoms with Gasteiger partial charge in [0.1, 0.15) is 5.76 Å². The van der Waals surface area contributed by atoms with Crippen LogP contribution in [0.1, 0.15) is 17.7 Å². The van der Waals surface area contributed by atoms with Crippen LogP contribution in [0.15, 0.2) is 47.1 Å². The number of benzene rings is 1. The zero-order chi connectivity index (χ0) is 13.8. The van der Waals surface area contributed by atoms with Crippen LogP contribution in [0.5, 0.6) is 0 Å². The molecule has 1 aromatic carbocycles. The molecule has 0 spiro atoms. The van der Waals surface area contributed by atoms with Crippen LogP contribution in [0.25, 0.3) is 0 Å². The number of hydrogen-bond acceptors (Lipinski definition) is 3. The second-order valence-electron chi connectivity index (χ2n) is 4.97. The van der Waals surface area contributed by atoms with Crippen LogP contribution in [0, 0.1) is 0 Å². The molecule has 20 heavy (non-hydrogen) atoms. The smallest absolute Gasteiger partial charge is 0.222 e. The first kappa shape index (κ1) is 12.8. The molecular formula is C16H18N2O2. The highest BCUT2D eigenvalue weighted by molar-refractivity contribution is 5.76. The van der Waals surface area contributed by atoms with Gasteiger partial charge in [0.25, 0.3) is 0 Å². The van der Waals surface area contributed by atoms with Crippen molar-refractivity contribution in [1.82, 2.24) is 5.32 Å². The minimum atomic E-state index is 0.0609. The highest BCUT2D eigenvalue weighted by Gasteiger charge is 2.18. The lowest BCUT2D eigenvalue weighted by Crippen LogP contribution is -2.29. The number of anilines is 1. The normalized spacial score (nSPS) is 13.3. The van der Waals surface area contributed by atoms with E-state index < -0.39 is 0 Å². The average molecular weight is 270 g/mol. The summed E-state index contributed by atoms with van der Waals surface area (Å²) in [5, 5.41) is 2.87. The summed E-state index contributed by atoms with van der Waals surface area (Å²) in [5.41, 5.74) is 2.65. The van der Waals surface area contributed by atoms with E-state index in [0.717, 1.165) is 25.3 Å². The standard InChI is InChI=1S/C16H18N2O2/c19-16(17-12-14-5-3-11-20-14)8-10-18-9-7-13-4-1-2-6-15(13)18/h1-6,11H,7-10,12H2,(H,17,19). The zero-order valence-corrected chi connectivity index (χ0v) is 11.3. The van der Waals surface area contributed by atoms with E-state index >= 15 is 0 Å². The second kappa shape index (κ2) is 5.82. The maximum absolute atomic E-state index is 11.8. The predicted octanol–water partition coefficient (Wildman–Crippen LogP) is 2.35. The average Bonchev–Trinajstić information content (AvgIpc) is 3.12. The minimum Gasteiger partial charge on any atom is -0.467 e. The number of furan rings is 1. The molecule has 1 aromatic heterocycles. The van der Waals surface area contributed by atoms with Gasteiger partial charge in [0, 0.05) is 25.2 Å². The molecule has 0 bridgehead atoms. The Bertz CT molecular complexity index is 578. The Morgan fingerprint density at radius 2 is 2.15 bits per heavy atom. The lowest BCUT2D eigenvalue weighted by Gasteiger charge is -2.18. The Morgan fingerprint density at radius 1 is 1.25 bits per heavy atom. The monoisotopic (exact) mass is 270 g/mol. The summed E-state index contributed by atoms with van der Waals surface area (Å²) >= 11 is 0. The highest BCUT2D eigenvalue weighted by atomic mass is 16.3. The van der Waals surface area contributed by atoms with E-state index in [0.29, 0.717) is 13.0 Å².